The second-order valence-corrected chi connectivity index (χ2v) is 7.01. The average molecular weight is 335 g/mol. The lowest BCUT2D eigenvalue weighted by Gasteiger charge is -2.26. The Morgan fingerprint density at radius 2 is 1.74 bits per heavy atom. The van der Waals surface area contributed by atoms with Gasteiger partial charge < -0.3 is 16.2 Å². The molecule has 0 unspecified atom stereocenters. The first kappa shape index (κ1) is 15.7. The summed E-state index contributed by atoms with van der Waals surface area (Å²) in [5.74, 6) is 0.346. The van der Waals surface area contributed by atoms with E-state index < -0.39 is 10.0 Å². The van der Waals surface area contributed by atoms with Gasteiger partial charge in [0.05, 0.1) is 18.1 Å². The number of nitrogens with zero attached hydrogens (tertiary/aromatic N) is 3. The molecule has 9 heteroatoms. The minimum absolute atomic E-state index is 0.0952. The van der Waals surface area contributed by atoms with Gasteiger partial charge in [0.2, 0.25) is 16.0 Å². The Morgan fingerprint density at radius 3 is 2.35 bits per heavy atom. The zero-order valence-corrected chi connectivity index (χ0v) is 13.2. The molecule has 2 heterocycles. The molecule has 0 amide bonds. The summed E-state index contributed by atoms with van der Waals surface area (Å²) >= 11 is 0. The van der Waals surface area contributed by atoms with Crippen LogP contribution in [0.5, 0.6) is 0 Å². The molecule has 0 bridgehead atoms. The van der Waals surface area contributed by atoms with Crippen molar-refractivity contribution in [3.8, 4) is 11.1 Å². The third-order valence-corrected chi connectivity index (χ3v) is 5.52. The molecule has 1 saturated heterocycles. The Kier molecular flexibility index (Phi) is 4.16. The summed E-state index contributed by atoms with van der Waals surface area (Å²) in [5, 5.41) is 0. The molecule has 1 aliphatic rings. The summed E-state index contributed by atoms with van der Waals surface area (Å²) in [6.07, 6.45) is 1.52. The Hall–Kier alpha value is -2.23. The number of rotatable bonds is 3. The van der Waals surface area contributed by atoms with Gasteiger partial charge in [-0.3, -0.25) is 0 Å². The molecule has 0 atom stereocenters. The van der Waals surface area contributed by atoms with Crippen LogP contribution >= 0.6 is 0 Å². The lowest BCUT2D eigenvalue weighted by molar-refractivity contribution is 0.0730. The maximum Gasteiger partial charge on any atom is 0.243 e. The van der Waals surface area contributed by atoms with Gasteiger partial charge in [-0.25, -0.2) is 13.4 Å². The van der Waals surface area contributed by atoms with E-state index in [2.05, 4.69) is 9.97 Å². The predicted octanol–water partition coefficient (Wildman–Crippen LogP) is 0.329. The largest absolute Gasteiger partial charge is 0.383 e. The number of hydrogen-bond acceptors (Lipinski definition) is 7. The molecular formula is C14H17N5O3S. The smallest absolute Gasteiger partial charge is 0.243 e. The molecule has 4 N–H and O–H groups in total. The maximum atomic E-state index is 12.6. The highest BCUT2D eigenvalue weighted by Crippen LogP contribution is 2.26. The minimum atomic E-state index is -3.51. The van der Waals surface area contributed by atoms with Crippen molar-refractivity contribution < 1.29 is 13.2 Å². The lowest BCUT2D eigenvalue weighted by atomic mass is 10.1. The molecule has 1 aromatic heterocycles. The van der Waals surface area contributed by atoms with Crippen molar-refractivity contribution in [2.45, 2.75) is 4.90 Å². The zero-order valence-electron chi connectivity index (χ0n) is 12.3. The second kappa shape index (κ2) is 6.11. The van der Waals surface area contributed by atoms with Gasteiger partial charge in [-0.2, -0.15) is 9.29 Å². The van der Waals surface area contributed by atoms with Crippen LogP contribution in [0.25, 0.3) is 11.1 Å². The summed E-state index contributed by atoms with van der Waals surface area (Å²) in [5.41, 5.74) is 12.6. The van der Waals surface area contributed by atoms with Gasteiger partial charge in [0.1, 0.15) is 5.82 Å². The van der Waals surface area contributed by atoms with E-state index in [1.165, 1.54) is 10.5 Å². The van der Waals surface area contributed by atoms with Gasteiger partial charge >= 0.3 is 0 Å². The number of nitrogen functional groups attached to an aromatic ring is 2. The first-order chi connectivity index (χ1) is 11.0. The summed E-state index contributed by atoms with van der Waals surface area (Å²) in [7, 11) is -3.51. The average Bonchev–Trinajstić information content (AvgIpc) is 2.56. The molecule has 1 fully saturated rings. The van der Waals surface area contributed by atoms with E-state index in [0.29, 0.717) is 31.9 Å². The molecule has 1 aliphatic heterocycles. The van der Waals surface area contributed by atoms with Crippen molar-refractivity contribution in [1.82, 2.24) is 14.3 Å². The fourth-order valence-electron chi connectivity index (χ4n) is 2.37. The summed E-state index contributed by atoms with van der Waals surface area (Å²) in [6.45, 7) is 1.55. The van der Waals surface area contributed by atoms with Crippen LogP contribution in [0.3, 0.4) is 0 Å². The quantitative estimate of drug-likeness (QED) is 0.828. The number of anilines is 2. The van der Waals surface area contributed by atoms with Gasteiger partial charge in [0.25, 0.3) is 0 Å². The number of ether oxygens (including phenoxy) is 1. The highest BCUT2D eigenvalue weighted by atomic mass is 32.2. The summed E-state index contributed by atoms with van der Waals surface area (Å²) < 4.78 is 31.7. The third kappa shape index (κ3) is 3.11. The molecule has 1 aromatic carbocycles. The summed E-state index contributed by atoms with van der Waals surface area (Å²) in [6, 6.07) is 6.46. The van der Waals surface area contributed by atoms with Gasteiger partial charge in [-0.15, -0.1) is 0 Å². The molecule has 0 aliphatic carbocycles. The van der Waals surface area contributed by atoms with E-state index in [1.54, 1.807) is 24.3 Å². The van der Waals surface area contributed by atoms with Gasteiger partial charge in [-0.1, -0.05) is 12.1 Å². The first-order valence-electron chi connectivity index (χ1n) is 7.05. The molecule has 122 valence electrons. The second-order valence-electron chi connectivity index (χ2n) is 5.07. The van der Waals surface area contributed by atoms with E-state index >= 15 is 0 Å². The molecule has 0 radical (unpaired) electrons. The fraction of sp³-hybridized carbons (Fsp3) is 0.286. The highest BCUT2D eigenvalue weighted by molar-refractivity contribution is 7.89. The molecule has 23 heavy (non-hydrogen) atoms. The topological polar surface area (TPSA) is 124 Å². The van der Waals surface area contributed by atoms with Crippen LogP contribution in [0.15, 0.2) is 35.4 Å². The van der Waals surface area contributed by atoms with E-state index in [1.807, 2.05) is 0 Å². The Balaban J connectivity index is 1.89. The lowest BCUT2D eigenvalue weighted by Crippen LogP contribution is -2.40. The first-order valence-corrected chi connectivity index (χ1v) is 8.49. The van der Waals surface area contributed by atoms with Crippen molar-refractivity contribution in [2.24, 2.45) is 0 Å². The van der Waals surface area contributed by atoms with Gasteiger partial charge in [0.15, 0.2) is 0 Å². The number of morpholine rings is 1. The highest BCUT2D eigenvalue weighted by Gasteiger charge is 2.26. The predicted molar refractivity (Wildman–Crippen MR) is 85.9 cm³/mol. The van der Waals surface area contributed by atoms with Gasteiger partial charge in [-0.05, 0) is 17.7 Å². The Labute approximate surface area is 134 Å². The van der Waals surface area contributed by atoms with E-state index in [-0.39, 0.29) is 16.7 Å². The SMILES string of the molecule is Nc1ncc(-c2ccc(S(=O)(=O)N3CCOCC3)cc2)c(N)n1. The van der Waals surface area contributed by atoms with Crippen molar-refractivity contribution in [3.63, 3.8) is 0 Å². The van der Waals surface area contributed by atoms with E-state index in [0.717, 1.165) is 5.56 Å². The number of hydrogen-bond donors (Lipinski definition) is 2. The molecule has 0 spiro atoms. The molecule has 3 rings (SSSR count). The van der Waals surface area contributed by atoms with Crippen molar-refractivity contribution in [3.05, 3.63) is 30.5 Å². The van der Waals surface area contributed by atoms with E-state index in [9.17, 15) is 8.42 Å². The summed E-state index contributed by atoms with van der Waals surface area (Å²) in [4.78, 5) is 8.04. The van der Waals surface area contributed by atoms with Crippen LogP contribution in [0.1, 0.15) is 0 Å². The van der Waals surface area contributed by atoms with Crippen LogP contribution in [-0.2, 0) is 14.8 Å². The molecule has 0 saturated carbocycles. The normalized spacial score (nSPS) is 16.3. The standard InChI is InChI=1S/C14H17N5O3S/c15-13-12(9-17-14(16)18-13)10-1-3-11(4-2-10)23(20,21)19-5-7-22-8-6-19/h1-4,9H,5-8H2,(H4,15,16,17,18). The van der Waals surface area contributed by atoms with Crippen molar-refractivity contribution in [2.75, 3.05) is 37.8 Å². The van der Waals surface area contributed by atoms with Crippen LogP contribution in [0, 0.1) is 0 Å². The third-order valence-electron chi connectivity index (χ3n) is 3.61. The number of sulfonamides is 1. The minimum Gasteiger partial charge on any atom is -0.383 e. The fourth-order valence-corrected chi connectivity index (χ4v) is 3.78. The number of aromatic nitrogens is 2. The number of nitrogens with two attached hydrogens (primary N) is 2. The van der Waals surface area contributed by atoms with Crippen LogP contribution in [-0.4, -0.2) is 49.0 Å². The maximum absolute atomic E-state index is 12.6. The molecular weight excluding hydrogens is 318 g/mol. The van der Waals surface area contributed by atoms with Crippen molar-refractivity contribution >= 4 is 21.8 Å². The van der Waals surface area contributed by atoms with Crippen LogP contribution < -0.4 is 11.5 Å². The van der Waals surface area contributed by atoms with Crippen LogP contribution in [0.4, 0.5) is 11.8 Å². The van der Waals surface area contributed by atoms with Gasteiger partial charge in [0, 0.05) is 24.8 Å². The van der Waals surface area contributed by atoms with Crippen molar-refractivity contribution in [1.29, 1.82) is 0 Å². The Morgan fingerprint density at radius 1 is 1.09 bits per heavy atom. The molecule has 8 nitrogen and oxygen atoms in total. The van der Waals surface area contributed by atoms with Crippen LogP contribution in [0.2, 0.25) is 0 Å². The monoisotopic (exact) mass is 335 g/mol. The Bertz CT molecular complexity index is 802. The van der Waals surface area contributed by atoms with E-state index in [4.69, 9.17) is 16.2 Å². The number of benzene rings is 1. The zero-order chi connectivity index (χ0) is 16.4. The molecule has 2 aromatic rings.